The van der Waals surface area contributed by atoms with Gasteiger partial charge in [0.05, 0.1) is 13.0 Å². The van der Waals surface area contributed by atoms with E-state index in [2.05, 4.69) is 17.4 Å². The van der Waals surface area contributed by atoms with Crippen LogP contribution >= 0.6 is 11.8 Å². The van der Waals surface area contributed by atoms with Crippen molar-refractivity contribution >= 4 is 23.6 Å². The van der Waals surface area contributed by atoms with Gasteiger partial charge in [-0.25, -0.2) is 0 Å². The zero-order chi connectivity index (χ0) is 15.5. The summed E-state index contributed by atoms with van der Waals surface area (Å²) in [4.78, 5) is 25.0. The first-order valence-corrected chi connectivity index (χ1v) is 7.91. The zero-order valence-electron chi connectivity index (χ0n) is 12.2. The van der Waals surface area contributed by atoms with Crippen molar-refractivity contribution < 1.29 is 14.7 Å². The van der Waals surface area contributed by atoms with Gasteiger partial charge in [-0.15, -0.1) is 11.8 Å². The SMILES string of the molecule is CN(CCC(=O)O)CC(=O)NCCCSc1ccccc1. The molecule has 0 bridgehead atoms. The van der Waals surface area contributed by atoms with Crippen molar-refractivity contribution in [2.75, 3.05) is 32.4 Å². The van der Waals surface area contributed by atoms with Crippen LogP contribution in [0.3, 0.4) is 0 Å². The fourth-order valence-electron chi connectivity index (χ4n) is 1.67. The third-order valence-corrected chi connectivity index (χ3v) is 3.87. The second-order valence-corrected chi connectivity index (χ2v) is 5.91. The van der Waals surface area contributed by atoms with E-state index in [0.29, 0.717) is 13.1 Å². The Morgan fingerprint density at radius 3 is 2.67 bits per heavy atom. The molecule has 0 aliphatic heterocycles. The fourth-order valence-corrected chi connectivity index (χ4v) is 2.55. The normalized spacial score (nSPS) is 10.6. The molecule has 1 aromatic carbocycles. The van der Waals surface area contributed by atoms with Crippen LogP contribution in [0.2, 0.25) is 0 Å². The van der Waals surface area contributed by atoms with Crippen LogP contribution in [-0.2, 0) is 9.59 Å². The van der Waals surface area contributed by atoms with E-state index in [1.807, 2.05) is 18.2 Å². The molecule has 0 aliphatic carbocycles. The van der Waals surface area contributed by atoms with E-state index >= 15 is 0 Å². The predicted molar refractivity (Wildman–Crippen MR) is 84.5 cm³/mol. The molecule has 0 heterocycles. The van der Waals surface area contributed by atoms with Gasteiger partial charge in [-0.2, -0.15) is 0 Å². The van der Waals surface area contributed by atoms with Crippen molar-refractivity contribution in [2.24, 2.45) is 0 Å². The number of rotatable bonds is 10. The number of benzene rings is 1. The van der Waals surface area contributed by atoms with E-state index in [1.54, 1.807) is 23.7 Å². The Balaban J connectivity index is 2.04. The maximum Gasteiger partial charge on any atom is 0.304 e. The van der Waals surface area contributed by atoms with Crippen LogP contribution in [-0.4, -0.2) is 54.3 Å². The van der Waals surface area contributed by atoms with Gasteiger partial charge in [0.2, 0.25) is 5.91 Å². The lowest BCUT2D eigenvalue weighted by Gasteiger charge is -2.14. The summed E-state index contributed by atoms with van der Waals surface area (Å²) in [6.45, 7) is 1.26. The second kappa shape index (κ2) is 10.2. The molecule has 0 saturated carbocycles. The van der Waals surface area contributed by atoms with Crippen LogP contribution in [0.1, 0.15) is 12.8 Å². The number of carboxylic acids is 1. The molecule has 1 amide bonds. The molecule has 0 spiro atoms. The van der Waals surface area contributed by atoms with Crippen LogP contribution in [0.15, 0.2) is 35.2 Å². The van der Waals surface area contributed by atoms with Gasteiger partial charge in [0.15, 0.2) is 0 Å². The van der Waals surface area contributed by atoms with Gasteiger partial charge in [-0.3, -0.25) is 14.5 Å². The summed E-state index contributed by atoms with van der Waals surface area (Å²) in [5.41, 5.74) is 0. The summed E-state index contributed by atoms with van der Waals surface area (Å²) in [5.74, 6) is 0.0480. The van der Waals surface area contributed by atoms with Crippen LogP contribution < -0.4 is 5.32 Å². The predicted octanol–water partition coefficient (Wildman–Crippen LogP) is 1.69. The zero-order valence-corrected chi connectivity index (χ0v) is 13.1. The summed E-state index contributed by atoms with van der Waals surface area (Å²) in [5, 5.41) is 11.4. The Kier molecular flexibility index (Phi) is 8.54. The number of hydrogen-bond acceptors (Lipinski definition) is 4. The second-order valence-electron chi connectivity index (χ2n) is 4.75. The van der Waals surface area contributed by atoms with Gasteiger partial charge in [0.25, 0.3) is 0 Å². The summed E-state index contributed by atoms with van der Waals surface area (Å²) in [6, 6.07) is 10.2. The molecule has 5 nitrogen and oxygen atoms in total. The highest BCUT2D eigenvalue weighted by atomic mass is 32.2. The van der Waals surface area contributed by atoms with Gasteiger partial charge in [-0.1, -0.05) is 18.2 Å². The van der Waals surface area contributed by atoms with Gasteiger partial charge in [-0.05, 0) is 31.4 Å². The third-order valence-electron chi connectivity index (χ3n) is 2.78. The molecule has 21 heavy (non-hydrogen) atoms. The Morgan fingerprint density at radius 1 is 1.29 bits per heavy atom. The highest BCUT2D eigenvalue weighted by Crippen LogP contribution is 2.17. The third kappa shape index (κ3) is 9.10. The minimum Gasteiger partial charge on any atom is -0.481 e. The number of hydrogen-bond donors (Lipinski definition) is 2. The largest absolute Gasteiger partial charge is 0.481 e. The first kappa shape index (κ1) is 17.5. The molecule has 6 heteroatoms. The monoisotopic (exact) mass is 310 g/mol. The fraction of sp³-hybridized carbons (Fsp3) is 0.467. The van der Waals surface area contributed by atoms with Gasteiger partial charge in [0, 0.05) is 18.0 Å². The quantitative estimate of drug-likeness (QED) is 0.508. The molecule has 0 radical (unpaired) electrons. The van der Waals surface area contributed by atoms with E-state index in [4.69, 9.17) is 5.11 Å². The number of likely N-dealkylation sites (N-methyl/N-ethyl adjacent to an activating group) is 1. The average Bonchev–Trinajstić information content (AvgIpc) is 2.46. The molecule has 1 rings (SSSR count). The number of amides is 1. The molecule has 0 aromatic heterocycles. The first-order chi connectivity index (χ1) is 10.1. The molecule has 0 unspecified atom stereocenters. The number of carbonyl (C=O) groups excluding carboxylic acids is 1. The summed E-state index contributed by atoms with van der Waals surface area (Å²) in [6.07, 6.45) is 0.960. The molecule has 0 aliphatic rings. The van der Waals surface area contributed by atoms with E-state index in [-0.39, 0.29) is 18.9 Å². The van der Waals surface area contributed by atoms with E-state index in [9.17, 15) is 9.59 Å². The molecule has 2 N–H and O–H groups in total. The Bertz CT molecular complexity index is 440. The van der Waals surface area contributed by atoms with E-state index < -0.39 is 5.97 Å². The maximum absolute atomic E-state index is 11.6. The number of nitrogens with zero attached hydrogens (tertiary/aromatic N) is 1. The number of nitrogens with one attached hydrogen (secondary N) is 1. The lowest BCUT2D eigenvalue weighted by Crippen LogP contribution is -2.36. The minimum atomic E-state index is -0.847. The molecule has 1 aromatic rings. The topological polar surface area (TPSA) is 69.6 Å². The number of carboxylic acid groups (broad SMARTS) is 1. The number of thioether (sulfide) groups is 1. The van der Waals surface area contributed by atoms with E-state index in [0.717, 1.165) is 12.2 Å². The van der Waals surface area contributed by atoms with Crippen molar-refractivity contribution in [3.8, 4) is 0 Å². The Morgan fingerprint density at radius 2 is 2.00 bits per heavy atom. The number of aliphatic carboxylic acids is 1. The van der Waals surface area contributed by atoms with Crippen molar-refractivity contribution in [2.45, 2.75) is 17.7 Å². The molecule has 116 valence electrons. The molecule has 0 fully saturated rings. The minimum absolute atomic E-state index is 0.0531. The van der Waals surface area contributed by atoms with Crippen LogP contribution in [0, 0.1) is 0 Å². The average molecular weight is 310 g/mol. The van der Waals surface area contributed by atoms with Crippen molar-refractivity contribution in [3.05, 3.63) is 30.3 Å². The number of carbonyl (C=O) groups is 2. The molecular weight excluding hydrogens is 288 g/mol. The van der Waals surface area contributed by atoms with Gasteiger partial charge in [0.1, 0.15) is 0 Å². The molecular formula is C15H22N2O3S. The van der Waals surface area contributed by atoms with Crippen LogP contribution in [0.4, 0.5) is 0 Å². The summed E-state index contributed by atoms with van der Waals surface area (Å²) >= 11 is 1.77. The Labute approximate surface area is 129 Å². The van der Waals surface area contributed by atoms with Crippen molar-refractivity contribution in [1.82, 2.24) is 10.2 Å². The van der Waals surface area contributed by atoms with E-state index in [1.165, 1.54) is 4.90 Å². The summed E-state index contributed by atoms with van der Waals surface area (Å²) < 4.78 is 0. The summed E-state index contributed by atoms with van der Waals surface area (Å²) in [7, 11) is 1.74. The molecule has 0 saturated heterocycles. The first-order valence-electron chi connectivity index (χ1n) is 6.93. The Hall–Kier alpha value is -1.53. The molecule has 0 atom stereocenters. The van der Waals surface area contributed by atoms with Crippen LogP contribution in [0.25, 0.3) is 0 Å². The standard InChI is InChI=1S/C15H22N2O3S/c1-17(10-8-15(19)20)12-14(18)16-9-5-11-21-13-6-3-2-4-7-13/h2-4,6-7H,5,8-12H2,1H3,(H,16,18)(H,19,20). The lowest BCUT2D eigenvalue weighted by atomic mass is 10.4. The van der Waals surface area contributed by atoms with Gasteiger partial charge < -0.3 is 10.4 Å². The van der Waals surface area contributed by atoms with Gasteiger partial charge >= 0.3 is 5.97 Å². The smallest absolute Gasteiger partial charge is 0.304 e. The highest BCUT2D eigenvalue weighted by Gasteiger charge is 2.07. The van der Waals surface area contributed by atoms with Crippen molar-refractivity contribution in [3.63, 3.8) is 0 Å². The maximum atomic E-state index is 11.6. The lowest BCUT2D eigenvalue weighted by molar-refractivity contribution is -0.137. The van der Waals surface area contributed by atoms with Crippen molar-refractivity contribution in [1.29, 1.82) is 0 Å². The highest BCUT2D eigenvalue weighted by molar-refractivity contribution is 7.99. The van der Waals surface area contributed by atoms with Crippen LogP contribution in [0.5, 0.6) is 0 Å².